The van der Waals surface area contributed by atoms with Crippen LogP contribution in [0.15, 0.2) is 54.6 Å². The maximum absolute atomic E-state index is 11.3. The number of halogens is 1. The van der Waals surface area contributed by atoms with Crippen LogP contribution < -0.4 is 10.1 Å². The van der Waals surface area contributed by atoms with Crippen molar-refractivity contribution in [1.82, 2.24) is 5.32 Å². The lowest BCUT2D eigenvalue weighted by molar-refractivity contribution is -0.118. The molecule has 0 bridgehead atoms. The number of carbonyl (C=O) groups excluding carboxylic acids is 1. The molecule has 0 unspecified atom stereocenters. The van der Waals surface area contributed by atoms with Crippen molar-refractivity contribution in [3.05, 3.63) is 65.7 Å². The first kappa shape index (κ1) is 14.6. The van der Waals surface area contributed by atoms with Crippen LogP contribution in [0.3, 0.4) is 0 Å². The molecule has 1 amide bonds. The minimum absolute atomic E-state index is 0.0243. The molecule has 0 radical (unpaired) electrons. The van der Waals surface area contributed by atoms with Crippen LogP contribution in [0.1, 0.15) is 11.1 Å². The van der Waals surface area contributed by atoms with Crippen molar-refractivity contribution in [2.45, 2.75) is 13.2 Å². The molecule has 0 fully saturated rings. The van der Waals surface area contributed by atoms with E-state index in [1.54, 1.807) is 0 Å². The zero-order valence-corrected chi connectivity index (χ0v) is 12.6. The van der Waals surface area contributed by atoms with E-state index in [0.717, 1.165) is 16.9 Å². The van der Waals surface area contributed by atoms with Crippen LogP contribution in [0.4, 0.5) is 0 Å². The Labute approximate surface area is 127 Å². The van der Waals surface area contributed by atoms with Gasteiger partial charge >= 0.3 is 0 Å². The molecule has 0 spiro atoms. The van der Waals surface area contributed by atoms with E-state index in [0.29, 0.717) is 18.5 Å². The predicted molar refractivity (Wildman–Crippen MR) is 82.9 cm³/mol. The van der Waals surface area contributed by atoms with E-state index in [4.69, 9.17) is 4.74 Å². The molecule has 0 heterocycles. The minimum atomic E-state index is -0.0243. The molecule has 2 rings (SSSR count). The third kappa shape index (κ3) is 4.38. The lowest BCUT2D eigenvalue weighted by atomic mass is 10.1. The van der Waals surface area contributed by atoms with E-state index in [9.17, 15) is 4.79 Å². The fourth-order valence-corrected chi connectivity index (χ4v) is 1.99. The van der Waals surface area contributed by atoms with E-state index in [2.05, 4.69) is 21.2 Å². The molecule has 4 heteroatoms. The van der Waals surface area contributed by atoms with Gasteiger partial charge in [0.15, 0.2) is 0 Å². The van der Waals surface area contributed by atoms with Gasteiger partial charge in [0.2, 0.25) is 5.91 Å². The summed E-state index contributed by atoms with van der Waals surface area (Å²) in [5.74, 6) is 0.815. The van der Waals surface area contributed by atoms with Gasteiger partial charge < -0.3 is 10.1 Å². The number of nitrogens with one attached hydrogen (secondary N) is 1. The highest BCUT2D eigenvalue weighted by Crippen LogP contribution is 2.14. The third-order valence-electron chi connectivity index (χ3n) is 2.85. The number of alkyl halides is 1. The van der Waals surface area contributed by atoms with Crippen molar-refractivity contribution in [3.63, 3.8) is 0 Å². The van der Waals surface area contributed by atoms with Crippen LogP contribution in [-0.2, 0) is 17.9 Å². The fraction of sp³-hybridized carbons (Fsp3) is 0.188. The Morgan fingerprint density at radius 2 is 1.65 bits per heavy atom. The van der Waals surface area contributed by atoms with Gasteiger partial charge in [-0.25, -0.2) is 0 Å². The first-order valence-electron chi connectivity index (χ1n) is 6.37. The second-order valence-corrected chi connectivity index (χ2v) is 4.84. The van der Waals surface area contributed by atoms with E-state index in [-0.39, 0.29) is 5.91 Å². The third-order valence-corrected chi connectivity index (χ3v) is 3.36. The molecule has 104 valence electrons. The molecular formula is C16H16BrNO2. The molecule has 2 aromatic rings. The topological polar surface area (TPSA) is 38.3 Å². The first-order valence-corrected chi connectivity index (χ1v) is 7.49. The van der Waals surface area contributed by atoms with Gasteiger partial charge in [-0.3, -0.25) is 4.79 Å². The quantitative estimate of drug-likeness (QED) is 0.824. The van der Waals surface area contributed by atoms with E-state index < -0.39 is 0 Å². The second kappa shape index (κ2) is 7.70. The zero-order valence-electron chi connectivity index (χ0n) is 11.0. The molecule has 0 saturated carbocycles. The number of amides is 1. The lowest BCUT2D eigenvalue weighted by Gasteiger charge is -2.11. The number of carbonyl (C=O) groups is 1. The van der Waals surface area contributed by atoms with E-state index in [1.807, 2.05) is 54.6 Å². The molecule has 0 aliphatic carbocycles. The fourth-order valence-electron chi connectivity index (χ4n) is 1.79. The highest BCUT2D eigenvalue weighted by atomic mass is 79.9. The van der Waals surface area contributed by atoms with Crippen LogP contribution in [0.2, 0.25) is 0 Å². The summed E-state index contributed by atoms with van der Waals surface area (Å²) < 4.78 is 5.74. The monoisotopic (exact) mass is 333 g/mol. The van der Waals surface area contributed by atoms with Gasteiger partial charge in [-0.15, -0.1) is 0 Å². The van der Waals surface area contributed by atoms with Gasteiger partial charge in [0, 0.05) is 6.54 Å². The average Bonchev–Trinajstić information content (AvgIpc) is 2.52. The zero-order chi connectivity index (χ0) is 14.2. The van der Waals surface area contributed by atoms with Crippen molar-refractivity contribution in [1.29, 1.82) is 0 Å². The van der Waals surface area contributed by atoms with Crippen molar-refractivity contribution in [2.75, 3.05) is 5.33 Å². The summed E-state index contributed by atoms with van der Waals surface area (Å²) in [6.45, 7) is 1.00. The van der Waals surface area contributed by atoms with Crippen molar-refractivity contribution >= 4 is 21.8 Å². The average molecular weight is 334 g/mol. The Morgan fingerprint density at radius 1 is 1.00 bits per heavy atom. The van der Waals surface area contributed by atoms with Crippen LogP contribution in [0.5, 0.6) is 5.75 Å². The van der Waals surface area contributed by atoms with Crippen LogP contribution >= 0.6 is 15.9 Å². The SMILES string of the molecule is O=C(CBr)NCc1ccccc1COc1ccccc1. The molecule has 0 atom stereocenters. The lowest BCUT2D eigenvalue weighted by Crippen LogP contribution is -2.24. The van der Waals surface area contributed by atoms with Crippen LogP contribution in [0, 0.1) is 0 Å². The molecule has 0 aliphatic heterocycles. The van der Waals surface area contributed by atoms with Crippen LogP contribution in [0.25, 0.3) is 0 Å². The minimum Gasteiger partial charge on any atom is -0.489 e. The Morgan fingerprint density at radius 3 is 2.35 bits per heavy atom. The standard InChI is InChI=1S/C16H16BrNO2/c17-10-16(19)18-11-13-6-4-5-7-14(13)12-20-15-8-2-1-3-9-15/h1-9H,10-12H2,(H,18,19). The largest absolute Gasteiger partial charge is 0.489 e. The molecule has 20 heavy (non-hydrogen) atoms. The van der Waals surface area contributed by atoms with Gasteiger partial charge in [0.1, 0.15) is 12.4 Å². The molecule has 2 aromatic carbocycles. The smallest absolute Gasteiger partial charge is 0.230 e. The Bertz CT molecular complexity index is 557. The van der Waals surface area contributed by atoms with Crippen LogP contribution in [-0.4, -0.2) is 11.2 Å². The highest BCUT2D eigenvalue weighted by Gasteiger charge is 2.04. The summed E-state index contributed by atoms with van der Waals surface area (Å²) in [6.07, 6.45) is 0. The summed E-state index contributed by atoms with van der Waals surface area (Å²) >= 11 is 3.13. The first-order chi connectivity index (χ1) is 9.79. The van der Waals surface area contributed by atoms with Crippen molar-refractivity contribution in [2.24, 2.45) is 0 Å². The number of hydrogen-bond donors (Lipinski definition) is 1. The normalized spacial score (nSPS) is 10.1. The van der Waals surface area contributed by atoms with Gasteiger partial charge in [0.25, 0.3) is 0 Å². The number of hydrogen-bond acceptors (Lipinski definition) is 2. The number of para-hydroxylation sites is 1. The predicted octanol–water partition coefficient (Wildman–Crippen LogP) is 3.28. The number of rotatable bonds is 6. The summed E-state index contributed by atoms with van der Waals surface area (Å²) in [4.78, 5) is 11.3. The highest BCUT2D eigenvalue weighted by molar-refractivity contribution is 9.09. The van der Waals surface area contributed by atoms with Gasteiger partial charge in [-0.05, 0) is 23.3 Å². The molecule has 3 nitrogen and oxygen atoms in total. The second-order valence-electron chi connectivity index (χ2n) is 4.28. The van der Waals surface area contributed by atoms with Gasteiger partial charge in [0.05, 0.1) is 5.33 Å². The molecule has 0 aliphatic rings. The van der Waals surface area contributed by atoms with E-state index >= 15 is 0 Å². The number of ether oxygens (including phenoxy) is 1. The van der Waals surface area contributed by atoms with Gasteiger partial charge in [-0.1, -0.05) is 58.4 Å². The maximum Gasteiger partial charge on any atom is 0.230 e. The molecular weight excluding hydrogens is 318 g/mol. The summed E-state index contributed by atoms with van der Waals surface area (Å²) in [6, 6.07) is 17.6. The van der Waals surface area contributed by atoms with Gasteiger partial charge in [-0.2, -0.15) is 0 Å². The maximum atomic E-state index is 11.3. The molecule has 0 saturated heterocycles. The Kier molecular flexibility index (Phi) is 5.62. The molecule has 0 aromatic heterocycles. The summed E-state index contributed by atoms with van der Waals surface area (Å²) in [5.41, 5.74) is 2.14. The van der Waals surface area contributed by atoms with Crippen molar-refractivity contribution in [3.8, 4) is 5.75 Å². The van der Waals surface area contributed by atoms with E-state index in [1.165, 1.54) is 0 Å². The summed E-state index contributed by atoms with van der Waals surface area (Å²) in [5, 5.41) is 3.16. The number of benzene rings is 2. The van der Waals surface area contributed by atoms with Crippen molar-refractivity contribution < 1.29 is 9.53 Å². The summed E-state index contributed by atoms with van der Waals surface area (Å²) in [7, 11) is 0. The molecule has 1 N–H and O–H groups in total. The Balaban J connectivity index is 1.98. The Hall–Kier alpha value is -1.81.